The third kappa shape index (κ3) is 6.20. The Kier molecular flexibility index (Phi) is 7.39. The van der Waals surface area contributed by atoms with Crippen molar-refractivity contribution in [3.63, 3.8) is 0 Å². The molecule has 4 N–H and O–H groups in total. The van der Waals surface area contributed by atoms with Crippen LogP contribution in [0.3, 0.4) is 0 Å². The first kappa shape index (κ1) is 27.2. The van der Waals surface area contributed by atoms with Gasteiger partial charge in [-0.05, 0) is 61.9 Å². The number of pyridine rings is 1. The smallest absolute Gasteiger partial charge is 0.162 e. The number of nitrogen functional groups attached to an aromatic ring is 1. The molecule has 0 aliphatic carbocycles. The Hall–Kier alpha value is -3.96. The standard InChI is InChI=1S/C30H31ClN6O4/c1-30(2,38)41-25-14-22(40-29(25)37-12-11-23-27(32)34-17-35-28(23)37)16-39-21-9-5-19-6-10-26(36-24(19)13-21)33-15-18-3-7-20(31)8-4-18/h3-13,17,22,25,29,38H,14-16H2,1-2H3,(H,33,36)(H2,32,34,35). The Morgan fingerprint density at radius 2 is 1.93 bits per heavy atom. The minimum absolute atomic E-state index is 0.290. The molecule has 3 aromatic heterocycles. The lowest BCUT2D eigenvalue weighted by molar-refractivity contribution is -0.222. The molecule has 5 aromatic rings. The average Bonchev–Trinajstić information content (AvgIpc) is 3.55. The van der Waals surface area contributed by atoms with Gasteiger partial charge in [0, 0.05) is 35.6 Å². The topological polar surface area (TPSA) is 130 Å². The third-order valence-corrected chi connectivity index (χ3v) is 7.14. The fourth-order valence-corrected chi connectivity index (χ4v) is 5.14. The number of fused-ring (bicyclic) bond motifs is 2. The highest BCUT2D eigenvalue weighted by molar-refractivity contribution is 6.30. The van der Waals surface area contributed by atoms with Gasteiger partial charge in [-0.3, -0.25) is 0 Å². The Labute approximate surface area is 242 Å². The molecule has 2 aromatic carbocycles. The molecule has 0 spiro atoms. The van der Waals surface area contributed by atoms with E-state index in [1.54, 1.807) is 13.8 Å². The van der Waals surface area contributed by atoms with Crippen molar-refractivity contribution in [1.82, 2.24) is 19.5 Å². The molecule has 1 fully saturated rings. The van der Waals surface area contributed by atoms with Gasteiger partial charge in [-0.25, -0.2) is 15.0 Å². The van der Waals surface area contributed by atoms with Crippen LogP contribution in [0.25, 0.3) is 21.9 Å². The summed E-state index contributed by atoms with van der Waals surface area (Å²) in [5, 5.41) is 16.2. The summed E-state index contributed by atoms with van der Waals surface area (Å²) < 4.78 is 20.4. The van der Waals surface area contributed by atoms with Crippen molar-refractivity contribution in [1.29, 1.82) is 0 Å². The van der Waals surface area contributed by atoms with E-state index < -0.39 is 18.1 Å². The van der Waals surface area contributed by atoms with E-state index in [0.29, 0.717) is 41.8 Å². The number of aliphatic hydroxyl groups is 1. The van der Waals surface area contributed by atoms with Crippen LogP contribution in [0.1, 0.15) is 32.1 Å². The van der Waals surface area contributed by atoms with Crippen molar-refractivity contribution in [3.8, 4) is 5.75 Å². The molecule has 0 saturated carbocycles. The van der Waals surface area contributed by atoms with Crippen LogP contribution in [0, 0.1) is 0 Å². The molecule has 0 amide bonds. The van der Waals surface area contributed by atoms with Crippen molar-refractivity contribution in [3.05, 3.63) is 83.8 Å². The number of aromatic nitrogens is 4. The number of hydrogen-bond donors (Lipinski definition) is 3. The van der Waals surface area contributed by atoms with Crippen LogP contribution in [0.5, 0.6) is 5.75 Å². The van der Waals surface area contributed by atoms with Crippen LogP contribution in [-0.4, -0.2) is 49.2 Å². The first-order valence-electron chi connectivity index (χ1n) is 13.4. The fraction of sp³-hybridized carbons (Fsp3) is 0.300. The molecule has 4 heterocycles. The minimum atomic E-state index is -1.34. The zero-order valence-electron chi connectivity index (χ0n) is 22.7. The van der Waals surface area contributed by atoms with E-state index in [-0.39, 0.29) is 6.10 Å². The van der Waals surface area contributed by atoms with Gasteiger partial charge in [0.1, 0.15) is 42.1 Å². The van der Waals surface area contributed by atoms with Crippen molar-refractivity contribution in [2.24, 2.45) is 0 Å². The molecule has 41 heavy (non-hydrogen) atoms. The second-order valence-electron chi connectivity index (χ2n) is 10.5. The molecule has 1 saturated heterocycles. The quantitative estimate of drug-likeness (QED) is 0.201. The van der Waals surface area contributed by atoms with E-state index >= 15 is 0 Å². The van der Waals surface area contributed by atoms with Crippen molar-refractivity contribution >= 4 is 45.2 Å². The predicted octanol–water partition coefficient (Wildman–Crippen LogP) is 5.31. The maximum atomic E-state index is 10.4. The second kappa shape index (κ2) is 11.1. The maximum Gasteiger partial charge on any atom is 0.162 e. The van der Waals surface area contributed by atoms with Gasteiger partial charge in [0.15, 0.2) is 12.0 Å². The molecular formula is C30H31ClN6O4. The molecule has 0 bridgehead atoms. The Balaban J connectivity index is 1.15. The van der Waals surface area contributed by atoms with E-state index in [9.17, 15) is 5.11 Å². The number of benzene rings is 2. The monoisotopic (exact) mass is 574 g/mol. The van der Waals surface area contributed by atoms with Crippen LogP contribution in [0.4, 0.5) is 11.6 Å². The molecule has 212 valence electrons. The van der Waals surface area contributed by atoms with Gasteiger partial charge >= 0.3 is 0 Å². The number of hydrogen-bond acceptors (Lipinski definition) is 9. The van der Waals surface area contributed by atoms with Crippen molar-refractivity contribution in [2.75, 3.05) is 17.7 Å². The normalized spacial score (nSPS) is 19.2. The van der Waals surface area contributed by atoms with Crippen LogP contribution in [0.15, 0.2) is 73.2 Å². The van der Waals surface area contributed by atoms with Gasteiger partial charge in [0.05, 0.1) is 17.0 Å². The van der Waals surface area contributed by atoms with Gasteiger partial charge in [-0.15, -0.1) is 0 Å². The van der Waals surface area contributed by atoms with Crippen LogP contribution in [-0.2, 0) is 16.0 Å². The summed E-state index contributed by atoms with van der Waals surface area (Å²) in [5.74, 6) is 0.489. The van der Waals surface area contributed by atoms with E-state index in [0.717, 1.165) is 27.7 Å². The highest BCUT2D eigenvalue weighted by Crippen LogP contribution is 2.36. The lowest BCUT2D eigenvalue weighted by Crippen LogP contribution is -2.33. The maximum absolute atomic E-state index is 10.4. The SMILES string of the molecule is CC(C)(O)OC1CC(COc2ccc3ccc(NCc4ccc(Cl)cc4)nc3c2)OC1n1ccc2c(N)ncnc21. The summed E-state index contributed by atoms with van der Waals surface area (Å²) in [6, 6.07) is 19.4. The summed E-state index contributed by atoms with van der Waals surface area (Å²) in [6.07, 6.45) is 2.51. The van der Waals surface area contributed by atoms with Gasteiger partial charge in [-0.2, -0.15) is 0 Å². The lowest BCUT2D eigenvalue weighted by atomic mass is 10.2. The zero-order chi connectivity index (χ0) is 28.6. The number of ether oxygens (including phenoxy) is 3. The van der Waals surface area contributed by atoms with E-state index in [1.165, 1.54) is 6.33 Å². The van der Waals surface area contributed by atoms with Crippen molar-refractivity contribution in [2.45, 2.75) is 51.0 Å². The van der Waals surface area contributed by atoms with Gasteiger partial charge in [0.2, 0.25) is 0 Å². The molecule has 6 rings (SSSR count). The highest BCUT2D eigenvalue weighted by atomic mass is 35.5. The summed E-state index contributed by atoms with van der Waals surface area (Å²) in [4.78, 5) is 13.2. The van der Waals surface area contributed by atoms with Gasteiger partial charge in [0.25, 0.3) is 0 Å². The summed E-state index contributed by atoms with van der Waals surface area (Å²) >= 11 is 5.99. The predicted molar refractivity (Wildman–Crippen MR) is 158 cm³/mol. The molecule has 10 nitrogen and oxygen atoms in total. The average molecular weight is 575 g/mol. The van der Waals surface area contributed by atoms with Gasteiger partial charge < -0.3 is 34.9 Å². The number of nitrogens with two attached hydrogens (primary N) is 1. The molecular weight excluding hydrogens is 544 g/mol. The zero-order valence-corrected chi connectivity index (χ0v) is 23.5. The Morgan fingerprint density at radius 3 is 2.73 bits per heavy atom. The highest BCUT2D eigenvalue weighted by Gasteiger charge is 2.41. The van der Waals surface area contributed by atoms with E-state index in [1.807, 2.05) is 71.4 Å². The minimum Gasteiger partial charge on any atom is -0.491 e. The molecule has 1 aliphatic heterocycles. The first-order valence-corrected chi connectivity index (χ1v) is 13.7. The fourth-order valence-electron chi connectivity index (χ4n) is 5.01. The number of rotatable bonds is 9. The largest absolute Gasteiger partial charge is 0.491 e. The van der Waals surface area contributed by atoms with Crippen LogP contribution < -0.4 is 15.8 Å². The van der Waals surface area contributed by atoms with Gasteiger partial charge in [-0.1, -0.05) is 23.7 Å². The molecule has 11 heteroatoms. The molecule has 1 aliphatic rings. The number of nitrogens with one attached hydrogen (secondary N) is 1. The molecule has 0 radical (unpaired) electrons. The second-order valence-corrected chi connectivity index (χ2v) is 11.0. The van der Waals surface area contributed by atoms with E-state index in [4.69, 9.17) is 36.5 Å². The van der Waals surface area contributed by atoms with Crippen LogP contribution in [0.2, 0.25) is 5.02 Å². The van der Waals surface area contributed by atoms with Crippen LogP contribution >= 0.6 is 11.6 Å². The first-order chi connectivity index (χ1) is 19.7. The Morgan fingerprint density at radius 1 is 1.12 bits per heavy atom. The summed E-state index contributed by atoms with van der Waals surface area (Å²) in [7, 11) is 0. The van der Waals surface area contributed by atoms with E-state index in [2.05, 4.69) is 15.3 Å². The lowest BCUT2D eigenvalue weighted by Gasteiger charge is -2.27. The number of anilines is 2. The number of halogens is 1. The third-order valence-electron chi connectivity index (χ3n) is 6.89. The molecule has 3 unspecified atom stereocenters. The summed E-state index contributed by atoms with van der Waals surface area (Å²) in [6.45, 7) is 4.12. The Bertz CT molecular complexity index is 1670. The van der Waals surface area contributed by atoms with Crippen molar-refractivity contribution < 1.29 is 19.3 Å². The number of nitrogens with zero attached hydrogens (tertiary/aromatic N) is 4. The molecule has 3 atom stereocenters. The summed E-state index contributed by atoms with van der Waals surface area (Å²) in [5.41, 5.74) is 8.59.